The molecule has 356 valence electrons. The van der Waals surface area contributed by atoms with Crippen molar-refractivity contribution in [2.75, 3.05) is 97.9 Å². The SMILES string of the molecule is Cc1cc(N)ccc1N1CCN(C)CC1.Cc1cc(Nc2ncc(F)c(N[C@@H]3[C@H](C(N)=O)[C@@H]4C=C[C@H]3C4)n2)ccc1N1CCN(C)CC1.NC(=O)[C@H]1[C@@H](Nc2nc(Cl)ncc2F)[C@H]2C=C[C@@H]1C2. The molecular weight excluding hydrogens is 878 g/mol. The summed E-state index contributed by atoms with van der Waals surface area (Å²) in [6, 6.07) is 11.8. The van der Waals surface area contributed by atoms with Gasteiger partial charge in [0.2, 0.25) is 23.0 Å². The number of piperazine rings is 2. The molecule has 4 fully saturated rings. The number of nitrogens with two attached hydrogens (primary N) is 3. The van der Waals surface area contributed by atoms with Crippen LogP contribution in [-0.4, -0.2) is 120 Å². The van der Waals surface area contributed by atoms with Gasteiger partial charge < -0.3 is 52.8 Å². The van der Waals surface area contributed by atoms with Gasteiger partial charge in [-0.05, 0) is 124 Å². The highest BCUT2D eigenvalue weighted by Gasteiger charge is 2.49. The van der Waals surface area contributed by atoms with E-state index in [0.29, 0.717) is 5.95 Å². The number of allylic oxidation sites excluding steroid dienone is 2. The minimum atomic E-state index is -0.598. The zero-order valence-corrected chi connectivity index (χ0v) is 39.1. The lowest BCUT2D eigenvalue weighted by molar-refractivity contribution is -0.123. The van der Waals surface area contributed by atoms with Crippen LogP contribution in [0.5, 0.6) is 0 Å². The van der Waals surface area contributed by atoms with Gasteiger partial charge in [-0.1, -0.05) is 24.3 Å². The van der Waals surface area contributed by atoms with E-state index in [1.807, 2.05) is 36.4 Å². The largest absolute Gasteiger partial charge is 0.399 e. The molecule has 67 heavy (non-hydrogen) atoms. The van der Waals surface area contributed by atoms with Crippen molar-refractivity contribution in [2.24, 2.45) is 47.0 Å². The van der Waals surface area contributed by atoms with E-state index in [4.69, 9.17) is 28.8 Å². The predicted molar refractivity (Wildman–Crippen MR) is 260 cm³/mol. The summed E-state index contributed by atoms with van der Waals surface area (Å²) >= 11 is 5.65. The first-order chi connectivity index (χ1) is 32.1. The van der Waals surface area contributed by atoms with Gasteiger partial charge in [0.05, 0.1) is 24.2 Å². The monoisotopic (exact) mass is 938 g/mol. The van der Waals surface area contributed by atoms with E-state index in [0.717, 1.165) is 94.5 Å². The number of rotatable bonds is 10. The topological polar surface area (TPSA) is 213 Å². The number of primary amides is 2. The number of nitrogens with one attached hydrogen (secondary N) is 3. The number of hydrogen-bond donors (Lipinski definition) is 6. The van der Waals surface area contributed by atoms with E-state index in [1.54, 1.807) is 0 Å². The molecule has 0 unspecified atom stereocenters. The maximum Gasteiger partial charge on any atom is 0.229 e. The fourth-order valence-electron chi connectivity index (χ4n) is 10.5. The van der Waals surface area contributed by atoms with E-state index in [1.165, 1.54) is 16.9 Å². The number of anilines is 7. The van der Waals surface area contributed by atoms with E-state index >= 15 is 0 Å². The van der Waals surface area contributed by atoms with Gasteiger partial charge in [-0.2, -0.15) is 9.97 Å². The normalized spacial score (nSPS) is 26.1. The van der Waals surface area contributed by atoms with Gasteiger partial charge >= 0.3 is 0 Å². The summed E-state index contributed by atoms with van der Waals surface area (Å²) in [5.74, 6) is -1.70. The third-order valence-electron chi connectivity index (χ3n) is 14.0. The van der Waals surface area contributed by atoms with Crippen LogP contribution in [0.1, 0.15) is 24.0 Å². The van der Waals surface area contributed by atoms with Gasteiger partial charge in [0, 0.05) is 87.2 Å². The molecule has 8 atom stereocenters. The highest BCUT2D eigenvalue weighted by molar-refractivity contribution is 6.28. The highest BCUT2D eigenvalue weighted by Crippen LogP contribution is 2.46. The van der Waals surface area contributed by atoms with Crippen molar-refractivity contribution in [1.82, 2.24) is 29.7 Å². The van der Waals surface area contributed by atoms with Crippen molar-refractivity contribution >= 4 is 63.7 Å². The number of nitrogens with zero attached hydrogens (tertiary/aromatic N) is 8. The minimum absolute atomic E-state index is 0.0113. The van der Waals surface area contributed by atoms with Crippen molar-refractivity contribution in [3.8, 4) is 0 Å². The number of aromatic nitrogens is 4. The van der Waals surface area contributed by atoms with Crippen molar-refractivity contribution < 1.29 is 18.4 Å². The number of halogens is 3. The summed E-state index contributed by atoms with van der Waals surface area (Å²) < 4.78 is 28.1. The number of aryl methyl sites for hydroxylation is 2. The molecule has 2 saturated carbocycles. The molecule has 10 rings (SSSR count). The highest BCUT2D eigenvalue weighted by atomic mass is 35.5. The van der Waals surface area contributed by atoms with Crippen molar-refractivity contribution in [3.63, 3.8) is 0 Å². The molecule has 0 spiro atoms. The van der Waals surface area contributed by atoms with E-state index in [9.17, 15) is 18.4 Å². The van der Waals surface area contributed by atoms with E-state index in [-0.39, 0.29) is 76.3 Å². The summed E-state index contributed by atoms with van der Waals surface area (Å²) in [6.07, 6.45) is 12.0. The van der Waals surface area contributed by atoms with Gasteiger partial charge in [0.25, 0.3) is 0 Å². The Balaban J connectivity index is 0.000000151. The first-order valence-electron chi connectivity index (χ1n) is 22.9. The van der Waals surface area contributed by atoms with E-state index in [2.05, 4.69) is 108 Å². The number of likely N-dealkylation sites (N-methyl/N-ethyl adjacent to an activating group) is 2. The first-order valence-corrected chi connectivity index (χ1v) is 23.3. The zero-order chi connectivity index (χ0) is 47.5. The molecule has 4 aromatic rings. The van der Waals surface area contributed by atoms with Crippen LogP contribution in [0, 0.1) is 61.0 Å². The van der Waals surface area contributed by atoms with Crippen LogP contribution in [-0.2, 0) is 9.59 Å². The van der Waals surface area contributed by atoms with E-state index < -0.39 is 11.6 Å². The fraction of sp³-hybridized carbons (Fsp3) is 0.458. The van der Waals surface area contributed by atoms with Crippen molar-refractivity contribution in [2.45, 2.75) is 38.8 Å². The molecule has 2 aromatic carbocycles. The summed E-state index contributed by atoms with van der Waals surface area (Å²) in [7, 11) is 4.32. The van der Waals surface area contributed by atoms with Crippen LogP contribution in [0.15, 0.2) is 73.1 Å². The van der Waals surface area contributed by atoms with Crippen LogP contribution in [0.4, 0.5) is 49.1 Å². The van der Waals surface area contributed by atoms with Gasteiger partial charge in [-0.15, -0.1) is 0 Å². The Morgan fingerprint density at radius 2 is 1.12 bits per heavy atom. The molecule has 2 amide bonds. The maximum absolute atomic E-state index is 14.5. The third-order valence-corrected chi connectivity index (χ3v) is 14.2. The van der Waals surface area contributed by atoms with Crippen molar-refractivity contribution in [3.05, 3.63) is 101 Å². The molecule has 16 nitrogen and oxygen atoms in total. The lowest BCUT2D eigenvalue weighted by Gasteiger charge is -2.35. The summed E-state index contributed by atoms with van der Waals surface area (Å²) in [4.78, 5) is 48.9. The summed E-state index contributed by atoms with van der Waals surface area (Å²) in [5.41, 5.74) is 23.5. The second-order valence-electron chi connectivity index (χ2n) is 18.6. The number of benzene rings is 2. The number of carbonyl (C=O) groups excluding carboxylic acids is 2. The van der Waals surface area contributed by atoms with Crippen LogP contribution >= 0.6 is 11.6 Å². The molecule has 9 N–H and O–H groups in total. The average molecular weight is 940 g/mol. The quantitative estimate of drug-likeness (QED) is 0.0687. The number of fused-ring (bicyclic) bond motifs is 4. The first kappa shape index (κ1) is 47.4. The third kappa shape index (κ3) is 10.9. The molecule has 0 radical (unpaired) electrons. The van der Waals surface area contributed by atoms with Crippen molar-refractivity contribution in [1.29, 1.82) is 0 Å². The van der Waals surface area contributed by atoms with Gasteiger partial charge in [-0.25, -0.2) is 18.7 Å². The molecule has 2 aliphatic heterocycles. The lowest BCUT2D eigenvalue weighted by atomic mass is 9.88. The van der Waals surface area contributed by atoms with Gasteiger partial charge in [-0.3, -0.25) is 9.59 Å². The smallest absolute Gasteiger partial charge is 0.229 e. The zero-order valence-electron chi connectivity index (χ0n) is 38.4. The van der Waals surface area contributed by atoms with Crippen LogP contribution < -0.4 is 43.0 Å². The Kier molecular flexibility index (Phi) is 14.4. The second-order valence-corrected chi connectivity index (χ2v) is 18.9. The summed E-state index contributed by atoms with van der Waals surface area (Å²) in [6.45, 7) is 12.8. The molecule has 4 heterocycles. The lowest BCUT2D eigenvalue weighted by Crippen LogP contribution is -2.44. The predicted octanol–water partition coefficient (Wildman–Crippen LogP) is 5.19. The minimum Gasteiger partial charge on any atom is -0.399 e. The second kappa shape index (κ2) is 20.4. The molecule has 6 aliphatic rings. The fourth-order valence-corrected chi connectivity index (χ4v) is 10.6. The van der Waals surface area contributed by atoms with Crippen LogP contribution in [0.25, 0.3) is 0 Å². The van der Waals surface area contributed by atoms with Gasteiger partial charge in [0.1, 0.15) is 0 Å². The molecule has 19 heteroatoms. The number of hydrogen-bond acceptors (Lipinski definition) is 14. The average Bonchev–Trinajstić information content (AvgIpc) is 4.11. The number of amides is 2. The maximum atomic E-state index is 14.5. The Labute approximate surface area is 395 Å². The molecular formula is C48H61ClF2N14O2. The number of nitrogen functional groups attached to an aromatic ring is 1. The molecule has 4 aliphatic carbocycles. The standard InChI is InChI=1S/C24H30FN7O.C12H12ClFN4O.C12H19N3/c1-14-11-17(5-6-19(14)32-9-7-31(2)8-10-32)28-24-27-13-18(25)23(30-24)29-21-16-4-3-15(12-16)20(21)22(26)33;13-12-16-4-7(14)11(18-12)17-9-6-2-1-5(3-6)8(9)10(15)19;1-10-9-11(13)3-4-12(10)15-7-5-14(2)6-8-15/h3-6,11,13,15-16,20-21H,7-10,12H2,1-2H3,(H2,26,33)(H2,27,28,29,30);1-2,4-6,8-9H,3H2,(H2,15,19)(H,16,17,18);3-4,9H,5-8,13H2,1-2H3/t15-,16+,20-,21+;5-,6+,8-,9+;/m11./s1. The molecule has 2 saturated heterocycles. The van der Waals surface area contributed by atoms with Gasteiger partial charge in [0.15, 0.2) is 23.3 Å². The Bertz CT molecular complexity index is 2500. The molecule has 2 aromatic heterocycles. The van der Waals surface area contributed by atoms with Crippen LogP contribution in [0.2, 0.25) is 5.28 Å². The van der Waals surface area contributed by atoms with Crippen LogP contribution in [0.3, 0.4) is 0 Å². The Hall–Kier alpha value is -6.11. The Morgan fingerprint density at radius 1 is 0.657 bits per heavy atom. The number of carbonyl (C=O) groups is 2. The molecule has 4 bridgehead atoms. The summed E-state index contributed by atoms with van der Waals surface area (Å²) in [5, 5.41) is 9.22. The Morgan fingerprint density at radius 3 is 1.61 bits per heavy atom.